The van der Waals surface area contributed by atoms with Crippen LogP contribution in [0.25, 0.3) is 0 Å². The van der Waals surface area contributed by atoms with Gasteiger partial charge in [-0.3, -0.25) is 9.89 Å². The highest BCUT2D eigenvalue weighted by Crippen LogP contribution is 2.04. The van der Waals surface area contributed by atoms with Crippen LogP contribution in [0.4, 0.5) is 4.39 Å². The standard InChI is InChI=1S/C13H15FN4O/c14-11-4-1-3-10(7-11)8-13(19)15-6-2-5-12-16-9-17-18-12/h1,3-4,7,9H,2,5-6,8H2,(H,15,19)(H,16,17,18). The van der Waals surface area contributed by atoms with Crippen molar-refractivity contribution in [2.75, 3.05) is 6.54 Å². The average molecular weight is 262 g/mol. The summed E-state index contributed by atoms with van der Waals surface area (Å²) >= 11 is 0. The lowest BCUT2D eigenvalue weighted by Crippen LogP contribution is -2.26. The minimum absolute atomic E-state index is 0.108. The maximum Gasteiger partial charge on any atom is 0.224 e. The van der Waals surface area contributed by atoms with Crippen molar-refractivity contribution in [1.82, 2.24) is 20.5 Å². The van der Waals surface area contributed by atoms with Crippen molar-refractivity contribution in [3.8, 4) is 0 Å². The van der Waals surface area contributed by atoms with Crippen molar-refractivity contribution in [3.63, 3.8) is 0 Å². The molecule has 2 rings (SSSR count). The molecule has 1 aromatic carbocycles. The van der Waals surface area contributed by atoms with Crippen molar-refractivity contribution in [2.24, 2.45) is 0 Å². The molecule has 100 valence electrons. The summed E-state index contributed by atoms with van der Waals surface area (Å²) in [5.41, 5.74) is 0.674. The second kappa shape index (κ2) is 6.63. The number of amides is 1. The van der Waals surface area contributed by atoms with Gasteiger partial charge in [0.2, 0.25) is 5.91 Å². The summed E-state index contributed by atoms with van der Waals surface area (Å²) < 4.78 is 12.9. The Balaban J connectivity index is 1.67. The lowest BCUT2D eigenvalue weighted by Gasteiger charge is -2.04. The normalized spacial score (nSPS) is 10.4. The molecule has 0 saturated heterocycles. The van der Waals surface area contributed by atoms with Gasteiger partial charge in [-0.1, -0.05) is 12.1 Å². The molecule has 0 aliphatic rings. The molecule has 1 heterocycles. The lowest BCUT2D eigenvalue weighted by atomic mass is 10.1. The molecule has 0 bridgehead atoms. The van der Waals surface area contributed by atoms with Gasteiger partial charge in [0.15, 0.2) is 0 Å². The van der Waals surface area contributed by atoms with E-state index in [0.717, 1.165) is 18.7 Å². The van der Waals surface area contributed by atoms with Gasteiger partial charge >= 0.3 is 0 Å². The Labute approximate surface area is 110 Å². The fraction of sp³-hybridized carbons (Fsp3) is 0.308. The van der Waals surface area contributed by atoms with E-state index in [1.165, 1.54) is 18.5 Å². The van der Waals surface area contributed by atoms with Crippen LogP contribution >= 0.6 is 0 Å². The number of carbonyl (C=O) groups is 1. The van der Waals surface area contributed by atoms with E-state index in [2.05, 4.69) is 20.5 Å². The first kappa shape index (κ1) is 13.2. The van der Waals surface area contributed by atoms with Crippen LogP contribution < -0.4 is 5.32 Å². The molecule has 0 atom stereocenters. The predicted molar refractivity (Wildman–Crippen MR) is 67.8 cm³/mol. The molecule has 0 unspecified atom stereocenters. The highest BCUT2D eigenvalue weighted by atomic mass is 19.1. The van der Waals surface area contributed by atoms with Crippen LogP contribution in [0, 0.1) is 5.82 Å². The fourth-order valence-corrected chi connectivity index (χ4v) is 1.73. The second-order valence-electron chi connectivity index (χ2n) is 4.19. The first-order valence-electron chi connectivity index (χ1n) is 6.09. The number of benzene rings is 1. The quantitative estimate of drug-likeness (QED) is 0.769. The highest BCUT2D eigenvalue weighted by molar-refractivity contribution is 5.78. The molecule has 0 radical (unpaired) electrons. The number of carbonyl (C=O) groups excluding carboxylic acids is 1. The maximum absolute atomic E-state index is 12.9. The van der Waals surface area contributed by atoms with Gasteiger partial charge in [0.05, 0.1) is 6.42 Å². The molecule has 0 aliphatic heterocycles. The van der Waals surface area contributed by atoms with Gasteiger partial charge in [-0.2, -0.15) is 5.10 Å². The van der Waals surface area contributed by atoms with Crippen molar-refractivity contribution < 1.29 is 9.18 Å². The third-order valence-electron chi connectivity index (χ3n) is 2.63. The van der Waals surface area contributed by atoms with E-state index < -0.39 is 0 Å². The van der Waals surface area contributed by atoms with Crippen molar-refractivity contribution in [1.29, 1.82) is 0 Å². The molecule has 0 aliphatic carbocycles. The molecule has 1 aromatic heterocycles. The summed E-state index contributed by atoms with van der Waals surface area (Å²) in [7, 11) is 0. The molecule has 0 saturated carbocycles. The molecule has 0 spiro atoms. The number of hydrogen-bond donors (Lipinski definition) is 2. The summed E-state index contributed by atoms with van der Waals surface area (Å²) in [6, 6.07) is 6.06. The van der Waals surface area contributed by atoms with Crippen molar-refractivity contribution in [2.45, 2.75) is 19.3 Å². The van der Waals surface area contributed by atoms with Crippen LogP contribution in [-0.4, -0.2) is 27.6 Å². The molecule has 5 nitrogen and oxygen atoms in total. The van der Waals surface area contributed by atoms with Gasteiger partial charge in [0.25, 0.3) is 0 Å². The fourth-order valence-electron chi connectivity index (χ4n) is 1.73. The van der Waals surface area contributed by atoms with Gasteiger partial charge in [-0.25, -0.2) is 9.37 Å². The van der Waals surface area contributed by atoms with Gasteiger partial charge in [-0.15, -0.1) is 0 Å². The number of H-pyrrole nitrogens is 1. The minimum atomic E-state index is -0.324. The van der Waals surface area contributed by atoms with E-state index in [1.807, 2.05) is 0 Å². The molecule has 2 aromatic rings. The van der Waals surface area contributed by atoms with Gasteiger partial charge < -0.3 is 5.32 Å². The maximum atomic E-state index is 12.9. The van der Waals surface area contributed by atoms with E-state index in [4.69, 9.17) is 0 Å². The average Bonchev–Trinajstić information content (AvgIpc) is 2.88. The summed E-state index contributed by atoms with van der Waals surface area (Å²) in [6.07, 6.45) is 3.17. The Morgan fingerprint density at radius 3 is 3.05 bits per heavy atom. The first-order valence-corrected chi connectivity index (χ1v) is 6.09. The van der Waals surface area contributed by atoms with Gasteiger partial charge in [-0.05, 0) is 24.1 Å². The van der Waals surface area contributed by atoms with Crippen LogP contribution in [0.5, 0.6) is 0 Å². The third kappa shape index (κ3) is 4.50. The van der Waals surface area contributed by atoms with Crippen LogP contribution in [-0.2, 0) is 17.6 Å². The predicted octanol–water partition coefficient (Wildman–Crippen LogP) is 1.24. The molecule has 2 N–H and O–H groups in total. The second-order valence-corrected chi connectivity index (χ2v) is 4.19. The largest absolute Gasteiger partial charge is 0.356 e. The van der Waals surface area contributed by atoms with Crippen LogP contribution in [0.15, 0.2) is 30.6 Å². The monoisotopic (exact) mass is 262 g/mol. The number of nitrogens with one attached hydrogen (secondary N) is 2. The van der Waals surface area contributed by atoms with Crippen LogP contribution in [0.2, 0.25) is 0 Å². The molecule has 6 heteroatoms. The minimum Gasteiger partial charge on any atom is -0.356 e. The number of hydrogen-bond acceptors (Lipinski definition) is 3. The zero-order valence-corrected chi connectivity index (χ0v) is 10.4. The number of aromatic amines is 1. The van der Waals surface area contributed by atoms with E-state index in [-0.39, 0.29) is 18.1 Å². The summed E-state index contributed by atoms with van der Waals surface area (Å²) in [6.45, 7) is 0.564. The number of nitrogens with zero attached hydrogens (tertiary/aromatic N) is 2. The van der Waals surface area contributed by atoms with E-state index >= 15 is 0 Å². The lowest BCUT2D eigenvalue weighted by molar-refractivity contribution is -0.120. The highest BCUT2D eigenvalue weighted by Gasteiger charge is 2.04. The van der Waals surface area contributed by atoms with Crippen molar-refractivity contribution >= 4 is 5.91 Å². The third-order valence-corrected chi connectivity index (χ3v) is 2.63. The Morgan fingerprint density at radius 2 is 2.32 bits per heavy atom. The SMILES string of the molecule is O=C(Cc1cccc(F)c1)NCCCc1ncn[nH]1. The zero-order chi connectivity index (χ0) is 13.5. The van der Waals surface area contributed by atoms with Gasteiger partial charge in [0.1, 0.15) is 18.0 Å². The Bertz CT molecular complexity index is 527. The van der Waals surface area contributed by atoms with E-state index in [1.54, 1.807) is 12.1 Å². The smallest absolute Gasteiger partial charge is 0.224 e. The Kier molecular flexibility index (Phi) is 4.60. The summed E-state index contributed by atoms with van der Waals surface area (Å²) in [5, 5.41) is 9.29. The first-order chi connectivity index (χ1) is 9.24. The zero-order valence-electron chi connectivity index (χ0n) is 10.4. The number of halogens is 1. The molecule has 1 amide bonds. The van der Waals surface area contributed by atoms with E-state index in [9.17, 15) is 9.18 Å². The molecule has 19 heavy (non-hydrogen) atoms. The summed E-state index contributed by atoms with van der Waals surface area (Å²) in [5.74, 6) is 0.373. The number of aromatic nitrogens is 3. The number of rotatable bonds is 6. The number of aryl methyl sites for hydroxylation is 1. The van der Waals surface area contributed by atoms with Crippen LogP contribution in [0.3, 0.4) is 0 Å². The van der Waals surface area contributed by atoms with Gasteiger partial charge in [0, 0.05) is 13.0 Å². The Morgan fingerprint density at radius 1 is 1.42 bits per heavy atom. The van der Waals surface area contributed by atoms with E-state index in [0.29, 0.717) is 12.1 Å². The van der Waals surface area contributed by atoms with Crippen molar-refractivity contribution in [3.05, 3.63) is 47.8 Å². The van der Waals surface area contributed by atoms with Crippen LogP contribution in [0.1, 0.15) is 17.8 Å². The molecular weight excluding hydrogens is 247 g/mol. The molecular formula is C13H15FN4O. The summed E-state index contributed by atoms with van der Waals surface area (Å²) in [4.78, 5) is 15.6. The molecule has 0 fully saturated rings. The Hall–Kier alpha value is -2.24. The topological polar surface area (TPSA) is 70.7 Å².